The van der Waals surface area contributed by atoms with Crippen molar-refractivity contribution in [1.82, 2.24) is 14.3 Å². The Morgan fingerprint density at radius 2 is 1.96 bits per heavy atom. The van der Waals surface area contributed by atoms with Crippen LogP contribution in [-0.2, 0) is 3.42 Å². The van der Waals surface area contributed by atoms with Crippen LogP contribution in [0, 0.1) is 5.92 Å². The van der Waals surface area contributed by atoms with E-state index in [9.17, 15) is 0 Å². The normalized spacial score (nSPS) is 14.0. The van der Waals surface area contributed by atoms with Gasteiger partial charge in [0.05, 0.1) is 5.69 Å². The predicted octanol–water partition coefficient (Wildman–Crippen LogP) is 5.57. The van der Waals surface area contributed by atoms with Crippen LogP contribution in [0.25, 0.3) is 22.6 Å². The molecule has 0 saturated carbocycles. The van der Waals surface area contributed by atoms with Crippen LogP contribution in [0.2, 0.25) is 0 Å². The fourth-order valence-corrected chi connectivity index (χ4v) is 3.36. The van der Waals surface area contributed by atoms with Crippen molar-refractivity contribution in [2.45, 2.75) is 24.2 Å². The Balaban J connectivity index is 2.19. The molecule has 2 heterocycles. The van der Waals surface area contributed by atoms with Gasteiger partial charge in [-0.1, -0.05) is 54.6 Å². The summed E-state index contributed by atoms with van der Waals surface area (Å²) in [4.78, 5) is 8.90. The summed E-state index contributed by atoms with van der Waals surface area (Å²) in [5.74, 6) is 1.30. The molecule has 0 saturated heterocycles. The highest BCUT2D eigenvalue weighted by molar-refractivity contribution is 14.1. The van der Waals surface area contributed by atoms with Crippen LogP contribution in [0.5, 0.6) is 0 Å². The molecule has 0 spiro atoms. The third-order valence-electron chi connectivity index (χ3n) is 4.19. The van der Waals surface area contributed by atoms with E-state index in [-0.39, 0.29) is 3.42 Å². The number of hydrogen-bond donors (Lipinski definition) is 0. The predicted molar refractivity (Wildman–Crippen MR) is 105 cm³/mol. The number of nitrogens with zero attached hydrogens (tertiary/aromatic N) is 3. The first-order valence-corrected chi connectivity index (χ1v) is 9.43. The van der Waals surface area contributed by atoms with Gasteiger partial charge < -0.3 is 0 Å². The van der Waals surface area contributed by atoms with Crippen molar-refractivity contribution in [2.75, 3.05) is 0 Å². The number of alkyl halides is 1. The number of rotatable bonds is 4. The minimum atomic E-state index is 0.0149. The molecule has 5 heteroatoms. The van der Waals surface area contributed by atoms with Crippen molar-refractivity contribution in [3.63, 3.8) is 0 Å². The van der Waals surface area contributed by atoms with Gasteiger partial charge in [-0.15, -0.1) is 0 Å². The topological polar surface area (TPSA) is 38.7 Å². The highest BCUT2D eigenvalue weighted by Gasteiger charge is 2.30. The largest absolute Gasteiger partial charge is 0.256 e. The van der Waals surface area contributed by atoms with Crippen LogP contribution in [0.3, 0.4) is 0 Å². The summed E-state index contributed by atoms with van der Waals surface area (Å²) in [5, 5.41) is 0. The Bertz CT molecular complexity index is 783. The van der Waals surface area contributed by atoms with Crippen LogP contribution in [0.1, 0.15) is 26.3 Å². The van der Waals surface area contributed by atoms with E-state index in [2.05, 4.69) is 75.9 Å². The summed E-state index contributed by atoms with van der Waals surface area (Å²) in [6, 6.07) is 12.5. The first kappa shape index (κ1) is 16.5. The van der Waals surface area contributed by atoms with E-state index in [1.807, 2.05) is 24.4 Å². The summed E-state index contributed by atoms with van der Waals surface area (Å²) in [6.45, 7) is 6.76. The van der Waals surface area contributed by atoms with Gasteiger partial charge in [-0.3, -0.25) is 4.98 Å². The molecule has 118 valence electrons. The molecule has 2 aromatic heterocycles. The van der Waals surface area contributed by atoms with Crippen LogP contribution in [-0.4, -0.2) is 14.3 Å². The zero-order valence-electron chi connectivity index (χ0n) is 13.3. The Hall–Kier alpha value is -1.34. The van der Waals surface area contributed by atoms with E-state index in [1.165, 1.54) is 17.1 Å². The summed E-state index contributed by atoms with van der Waals surface area (Å²) < 4.78 is 4.48. The van der Waals surface area contributed by atoms with E-state index in [0.29, 0.717) is 5.92 Å². The van der Waals surface area contributed by atoms with Crippen molar-refractivity contribution in [3.05, 3.63) is 53.7 Å². The van der Waals surface area contributed by atoms with Gasteiger partial charge in [-0.2, -0.15) is 4.37 Å². The molecule has 1 aromatic carbocycles. The fraction of sp³-hybridized carbons (Fsp3) is 0.278. The molecule has 23 heavy (non-hydrogen) atoms. The van der Waals surface area contributed by atoms with Gasteiger partial charge in [0.15, 0.2) is 5.82 Å². The highest BCUT2D eigenvalue weighted by atomic mass is 127. The zero-order chi connectivity index (χ0) is 16.4. The maximum Gasteiger partial charge on any atom is 0.173 e. The maximum absolute atomic E-state index is 4.46. The molecule has 0 N–H and O–H groups in total. The molecule has 3 aromatic rings. The lowest BCUT2D eigenvalue weighted by atomic mass is 9.85. The standard InChI is InChI=1S/C18H18IN3S/c1-12(2)18(3,19)15-8-7-13(16-6-4-5-9-20-16)10-14(15)17-21-11-23-22-17/h4-12H,1-3H3. The molecular weight excluding hydrogens is 417 g/mol. The average molecular weight is 435 g/mol. The second kappa shape index (κ2) is 6.65. The average Bonchev–Trinajstić information content (AvgIpc) is 3.09. The lowest BCUT2D eigenvalue weighted by Gasteiger charge is -2.29. The van der Waals surface area contributed by atoms with Gasteiger partial charge in [-0.05, 0) is 48.1 Å². The van der Waals surface area contributed by atoms with Gasteiger partial charge >= 0.3 is 0 Å². The molecule has 3 rings (SSSR count). The second-order valence-corrected chi connectivity index (χ2v) is 8.81. The molecular formula is C18H18IN3S. The van der Waals surface area contributed by atoms with Crippen LogP contribution < -0.4 is 0 Å². The third kappa shape index (κ3) is 3.30. The van der Waals surface area contributed by atoms with E-state index in [1.54, 1.807) is 5.51 Å². The molecule has 3 nitrogen and oxygen atoms in total. The molecule has 0 aliphatic carbocycles. The molecule has 0 aliphatic heterocycles. The minimum absolute atomic E-state index is 0.0149. The molecule has 0 radical (unpaired) electrons. The molecule has 0 fully saturated rings. The van der Waals surface area contributed by atoms with E-state index in [4.69, 9.17) is 0 Å². The molecule has 0 bridgehead atoms. The summed E-state index contributed by atoms with van der Waals surface area (Å²) >= 11 is 3.93. The van der Waals surface area contributed by atoms with Crippen molar-refractivity contribution < 1.29 is 0 Å². The molecule has 1 atom stereocenters. The van der Waals surface area contributed by atoms with Gasteiger partial charge in [0, 0.05) is 20.7 Å². The molecule has 0 aliphatic rings. The number of pyridine rings is 1. The zero-order valence-corrected chi connectivity index (χ0v) is 16.3. The Morgan fingerprint density at radius 1 is 1.13 bits per heavy atom. The Labute approximate surface area is 154 Å². The lowest BCUT2D eigenvalue weighted by Crippen LogP contribution is -2.21. The first-order valence-electron chi connectivity index (χ1n) is 7.51. The van der Waals surface area contributed by atoms with Crippen molar-refractivity contribution in [2.24, 2.45) is 5.92 Å². The number of halogens is 1. The fourth-order valence-electron chi connectivity index (χ4n) is 2.45. The van der Waals surface area contributed by atoms with E-state index >= 15 is 0 Å². The van der Waals surface area contributed by atoms with Gasteiger partial charge in [0.1, 0.15) is 5.51 Å². The molecule has 0 amide bonds. The van der Waals surface area contributed by atoms with Crippen molar-refractivity contribution in [3.8, 4) is 22.6 Å². The van der Waals surface area contributed by atoms with Crippen molar-refractivity contribution in [1.29, 1.82) is 0 Å². The van der Waals surface area contributed by atoms with Crippen LogP contribution >= 0.6 is 34.1 Å². The second-order valence-electron chi connectivity index (χ2n) is 5.96. The number of hydrogen-bond acceptors (Lipinski definition) is 4. The number of aromatic nitrogens is 3. The van der Waals surface area contributed by atoms with Crippen LogP contribution in [0.15, 0.2) is 48.1 Å². The smallest absolute Gasteiger partial charge is 0.173 e. The molecule has 1 unspecified atom stereocenters. The summed E-state index contributed by atoms with van der Waals surface area (Å²) in [5.41, 5.74) is 6.21. The van der Waals surface area contributed by atoms with E-state index < -0.39 is 0 Å². The van der Waals surface area contributed by atoms with Gasteiger partial charge in [0.2, 0.25) is 0 Å². The summed E-state index contributed by atoms with van der Waals surface area (Å²) in [6.07, 6.45) is 1.82. The Kier molecular flexibility index (Phi) is 4.77. The first-order chi connectivity index (χ1) is 11.0. The third-order valence-corrected chi connectivity index (χ3v) is 6.50. The van der Waals surface area contributed by atoms with Gasteiger partial charge in [-0.25, -0.2) is 4.98 Å². The highest BCUT2D eigenvalue weighted by Crippen LogP contribution is 2.44. The summed E-state index contributed by atoms with van der Waals surface area (Å²) in [7, 11) is 0. The monoisotopic (exact) mass is 435 g/mol. The number of benzene rings is 1. The van der Waals surface area contributed by atoms with Crippen LogP contribution in [0.4, 0.5) is 0 Å². The Morgan fingerprint density at radius 3 is 2.57 bits per heavy atom. The minimum Gasteiger partial charge on any atom is -0.256 e. The van der Waals surface area contributed by atoms with Gasteiger partial charge in [0.25, 0.3) is 0 Å². The van der Waals surface area contributed by atoms with E-state index in [0.717, 1.165) is 22.6 Å². The SMILES string of the molecule is CC(C)C(C)(I)c1ccc(-c2ccccn2)cc1-c1ncsn1. The quantitative estimate of drug-likeness (QED) is 0.397. The van der Waals surface area contributed by atoms with Crippen molar-refractivity contribution >= 4 is 34.1 Å². The lowest BCUT2D eigenvalue weighted by molar-refractivity contribution is 0.512. The maximum atomic E-state index is 4.46.